The molecule has 0 saturated carbocycles. The molecule has 2 heterocycles. The van der Waals surface area contributed by atoms with Gasteiger partial charge in [-0.15, -0.1) is 23.1 Å². The monoisotopic (exact) mass is 386 g/mol. The smallest absolute Gasteiger partial charge is 0.235 e. The number of nitrogen functional groups attached to an aromatic ring is 1. The van der Waals surface area contributed by atoms with Gasteiger partial charge in [0.25, 0.3) is 0 Å². The Bertz CT molecular complexity index is 901. The molecule has 2 amide bonds. The number of hydrogen-bond acceptors (Lipinski definition) is 6. The van der Waals surface area contributed by atoms with E-state index >= 15 is 0 Å². The molecule has 1 aliphatic heterocycles. The number of benzene rings is 1. The van der Waals surface area contributed by atoms with Crippen molar-refractivity contribution in [3.8, 4) is 6.07 Å². The van der Waals surface area contributed by atoms with Gasteiger partial charge >= 0.3 is 0 Å². The Hall–Kier alpha value is -2.50. The van der Waals surface area contributed by atoms with Crippen molar-refractivity contribution in [2.45, 2.75) is 24.8 Å². The summed E-state index contributed by atoms with van der Waals surface area (Å²) < 4.78 is 0. The van der Waals surface area contributed by atoms with Crippen molar-refractivity contribution in [1.29, 1.82) is 5.26 Å². The molecular formula is C18H18N4O2S2. The zero-order chi connectivity index (χ0) is 18.7. The molecule has 0 saturated heterocycles. The van der Waals surface area contributed by atoms with E-state index in [1.807, 2.05) is 18.2 Å². The third kappa shape index (κ3) is 4.00. The fourth-order valence-corrected chi connectivity index (χ4v) is 4.79. The first kappa shape index (κ1) is 18.3. The molecule has 0 aliphatic carbocycles. The molecule has 0 unspecified atom stereocenters. The van der Waals surface area contributed by atoms with Gasteiger partial charge in [0.2, 0.25) is 11.8 Å². The molecule has 26 heavy (non-hydrogen) atoms. The van der Waals surface area contributed by atoms with Crippen molar-refractivity contribution in [2.24, 2.45) is 0 Å². The van der Waals surface area contributed by atoms with Crippen LogP contribution in [0.15, 0.2) is 29.2 Å². The predicted molar refractivity (Wildman–Crippen MR) is 104 cm³/mol. The number of fused-ring (bicyclic) bond motifs is 1. The second-order valence-electron chi connectivity index (χ2n) is 5.92. The minimum Gasteiger partial charge on any atom is -0.399 e. The zero-order valence-electron chi connectivity index (χ0n) is 14.2. The molecular weight excluding hydrogens is 368 g/mol. The van der Waals surface area contributed by atoms with E-state index in [0.717, 1.165) is 15.3 Å². The van der Waals surface area contributed by atoms with Gasteiger partial charge in [0.15, 0.2) is 0 Å². The maximum atomic E-state index is 12.3. The number of hydrogen-bond donors (Lipinski definition) is 2. The first-order valence-electron chi connectivity index (χ1n) is 8.06. The minimum absolute atomic E-state index is 0.0201. The summed E-state index contributed by atoms with van der Waals surface area (Å²) in [5.41, 5.74) is 7.87. The van der Waals surface area contributed by atoms with E-state index in [4.69, 9.17) is 5.73 Å². The van der Waals surface area contributed by atoms with Crippen molar-refractivity contribution < 1.29 is 9.59 Å². The molecule has 1 aromatic heterocycles. The van der Waals surface area contributed by atoms with E-state index in [1.54, 1.807) is 17.9 Å². The molecule has 0 spiro atoms. The summed E-state index contributed by atoms with van der Waals surface area (Å²) in [5, 5.41) is 12.9. The lowest BCUT2D eigenvalue weighted by molar-refractivity contribution is -0.129. The number of nitriles is 1. The standard InChI is InChI=1S/C18H18N4O2S2/c1-11(23)22-6-5-14-15(8-19)18(26-16(14)9-22)21-17(24)10-25-13-4-2-3-12(20)7-13/h2-4,7H,5-6,9-10,20H2,1H3,(H,21,24). The number of carbonyl (C=O) groups excluding carboxylic acids is 2. The molecule has 3 N–H and O–H groups in total. The predicted octanol–water partition coefficient (Wildman–Crippen LogP) is 2.84. The van der Waals surface area contributed by atoms with Crippen LogP contribution >= 0.6 is 23.1 Å². The van der Waals surface area contributed by atoms with Crippen LogP contribution in [-0.2, 0) is 22.6 Å². The van der Waals surface area contributed by atoms with Crippen LogP contribution in [0.1, 0.15) is 22.9 Å². The molecule has 0 radical (unpaired) electrons. The van der Waals surface area contributed by atoms with Gasteiger partial charge in [0, 0.05) is 28.9 Å². The third-order valence-corrected chi connectivity index (χ3v) is 6.22. The average molecular weight is 387 g/mol. The highest BCUT2D eigenvalue weighted by molar-refractivity contribution is 8.00. The van der Waals surface area contributed by atoms with Crippen molar-refractivity contribution in [1.82, 2.24) is 4.90 Å². The van der Waals surface area contributed by atoms with Gasteiger partial charge in [-0.2, -0.15) is 5.26 Å². The summed E-state index contributed by atoms with van der Waals surface area (Å²) in [6.07, 6.45) is 0.641. The lowest BCUT2D eigenvalue weighted by Crippen LogP contribution is -2.33. The number of rotatable bonds is 4. The van der Waals surface area contributed by atoms with Crippen LogP contribution in [0.4, 0.5) is 10.7 Å². The maximum absolute atomic E-state index is 12.3. The summed E-state index contributed by atoms with van der Waals surface area (Å²) in [6, 6.07) is 9.56. The highest BCUT2D eigenvalue weighted by Gasteiger charge is 2.26. The lowest BCUT2D eigenvalue weighted by atomic mass is 10.0. The zero-order valence-corrected chi connectivity index (χ0v) is 15.9. The number of thiophene rings is 1. The summed E-state index contributed by atoms with van der Waals surface area (Å²) in [4.78, 5) is 27.5. The van der Waals surface area contributed by atoms with Gasteiger partial charge in [0.1, 0.15) is 11.1 Å². The molecule has 0 atom stereocenters. The fourth-order valence-electron chi connectivity index (χ4n) is 2.79. The Kier molecular flexibility index (Phi) is 5.49. The summed E-state index contributed by atoms with van der Waals surface area (Å²) in [6.45, 7) is 2.64. The number of anilines is 2. The molecule has 1 aromatic carbocycles. The van der Waals surface area contributed by atoms with Gasteiger partial charge in [-0.05, 0) is 30.2 Å². The number of nitrogens with one attached hydrogen (secondary N) is 1. The molecule has 2 aromatic rings. The Balaban J connectivity index is 1.69. The molecule has 1 aliphatic rings. The number of thioether (sulfide) groups is 1. The van der Waals surface area contributed by atoms with Gasteiger partial charge in [0.05, 0.1) is 17.9 Å². The third-order valence-electron chi connectivity index (χ3n) is 4.09. The van der Waals surface area contributed by atoms with Gasteiger partial charge in [-0.25, -0.2) is 0 Å². The quantitative estimate of drug-likeness (QED) is 0.622. The Morgan fingerprint density at radius 2 is 2.27 bits per heavy atom. The molecule has 0 fully saturated rings. The molecule has 0 bridgehead atoms. The normalized spacial score (nSPS) is 13.0. The first-order chi connectivity index (χ1) is 12.5. The summed E-state index contributed by atoms with van der Waals surface area (Å²) in [5.74, 6) is 0.0822. The summed E-state index contributed by atoms with van der Waals surface area (Å²) >= 11 is 2.77. The highest BCUT2D eigenvalue weighted by atomic mass is 32.2. The first-order valence-corrected chi connectivity index (χ1v) is 9.86. The largest absolute Gasteiger partial charge is 0.399 e. The number of amides is 2. The van der Waals surface area contributed by atoms with Crippen LogP contribution in [0.3, 0.4) is 0 Å². The van der Waals surface area contributed by atoms with Crippen molar-refractivity contribution in [3.63, 3.8) is 0 Å². The second kappa shape index (κ2) is 7.81. The lowest BCUT2D eigenvalue weighted by Gasteiger charge is -2.25. The van der Waals surface area contributed by atoms with Crippen molar-refractivity contribution in [3.05, 3.63) is 40.3 Å². The number of carbonyl (C=O) groups is 2. The highest BCUT2D eigenvalue weighted by Crippen LogP contribution is 2.36. The van der Waals surface area contributed by atoms with E-state index in [9.17, 15) is 14.9 Å². The van der Waals surface area contributed by atoms with Crippen LogP contribution in [0.25, 0.3) is 0 Å². The minimum atomic E-state index is -0.170. The average Bonchev–Trinajstić information content (AvgIpc) is 2.96. The van der Waals surface area contributed by atoms with E-state index < -0.39 is 0 Å². The molecule has 8 heteroatoms. The van der Waals surface area contributed by atoms with Crippen LogP contribution in [0.5, 0.6) is 0 Å². The van der Waals surface area contributed by atoms with E-state index in [0.29, 0.717) is 35.8 Å². The fraction of sp³-hybridized carbons (Fsp3) is 0.278. The van der Waals surface area contributed by atoms with Crippen LogP contribution in [-0.4, -0.2) is 29.0 Å². The van der Waals surface area contributed by atoms with Crippen LogP contribution in [0, 0.1) is 11.3 Å². The topological polar surface area (TPSA) is 99.2 Å². The van der Waals surface area contributed by atoms with Gasteiger partial charge in [-0.1, -0.05) is 6.07 Å². The Morgan fingerprint density at radius 3 is 2.96 bits per heavy atom. The number of nitrogens with two attached hydrogens (primary N) is 1. The maximum Gasteiger partial charge on any atom is 0.235 e. The van der Waals surface area contributed by atoms with Gasteiger partial charge in [-0.3, -0.25) is 9.59 Å². The Labute approximate surface area is 160 Å². The second-order valence-corrected chi connectivity index (χ2v) is 8.07. The Morgan fingerprint density at radius 1 is 1.46 bits per heavy atom. The van der Waals surface area contributed by atoms with Crippen LogP contribution < -0.4 is 11.1 Å². The summed E-state index contributed by atoms with van der Waals surface area (Å²) in [7, 11) is 0. The van der Waals surface area contributed by atoms with Crippen LogP contribution in [0.2, 0.25) is 0 Å². The molecule has 3 rings (SSSR count). The van der Waals surface area contributed by atoms with E-state index in [2.05, 4.69) is 11.4 Å². The van der Waals surface area contributed by atoms with E-state index in [1.165, 1.54) is 23.1 Å². The van der Waals surface area contributed by atoms with Gasteiger partial charge < -0.3 is 16.0 Å². The SMILES string of the molecule is CC(=O)N1CCc2c(sc(NC(=O)CSc3cccc(N)c3)c2C#N)C1. The van der Waals surface area contributed by atoms with E-state index in [-0.39, 0.29) is 17.6 Å². The molecule has 6 nitrogen and oxygen atoms in total. The molecule has 134 valence electrons. The van der Waals surface area contributed by atoms with Crippen molar-refractivity contribution >= 4 is 45.6 Å². The number of nitrogens with zero attached hydrogens (tertiary/aromatic N) is 2. The van der Waals surface area contributed by atoms with Crippen molar-refractivity contribution in [2.75, 3.05) is 23.3 Å².